The highest BCUT2D eigenvalue weighted by Crippen LogP contribution is 2.26. The fourth-order valence-electron chi connectivity index (χ4n) is 2.75. The highest BCUT2D eigenvalue weighted by molar-refractivity contribution is 5.37. The summed E-state index contributed by atoms with van der Waals surface area (Å²) < 4.78 is 5.28. The summed E-state index contributed by atoms with van der Waals surface area (Å²) in [4.78, 5) is 0. The van der Waals surface area contributed by atoms with Gasteiger partial charge in [0.05, 0.1) is 7.11 Å². The van der Waals surface area contributed by atoms with E-state index < -0.39 is 0 Å². The van der Waals surface area contributed by atoms with Gasteiger partial charge in [-0.2, -0.15) is 0 Å². The molecule has 0 saturated carbocycles. The van der Waals surface area contributed by atoms with Crippen molar-refractivity contribution in [1.29, 1.82) is 0 Å². The summed E-state index contributed by atoms with van der Waals surface area (Å²) in [6.45, 7) is 4.34. The number of aryl methyl sites for hydroxylation is 1. The molecule has 2 unspecified atom stereocenters. The number of ether oxygens (including phenoxy) is 1. The molecule has 2 atom stereocenters. The maximum absolute atomic E-state index is 6.32. The van der Waals surface area contributed by atoms with Gasteiger partial charge < -0.3 is 15.8 Å². The Morgan fingerprint density at radius 2 is 2.33 bits per heavy atom. The van der Waals surface area contributed by atoms with Gasteiger partial charge in [-0.25, -0.2) is 0 Å². The summed E-state index contributed by atoms with van der Waals surface area (Å²) in [6.07, 6.45) is 3.65. The Kier molecular flexibility index (Phi) is 4.61. The lowest BCUT2D eigenvalue weighted by atomic mass is 9.89. The summed E-state index contributed by atoms with van der Waals surface area (Å²) in [6, 6.07) is 6.40. The van der Waals surface area contributed by atoms with Gasteiger partial charge in [0, 0.05) is 6.04 Å². The van der Waals surface area contributed by atoms with Crippen LogP contribution in [-0.2, 0) is 0 Å². The molecular formula is C15H24N2O. The first-order valence-electron chi connectivity index (χ1n) is 6.81. The highest BCUT2D eigenvalue weighted by atomic mass is 16.5. The summed E-state index contributed by atoms with van der Waals surface area (Å²) in [7, 11) is 1.70. The molecule has 1 aliphatic rings. The van der Waals surface area contributed by atoms with Crippen LogP contribution in [0.5, 0.6) is 5.75 Å². The minimum Gasteiger partial charge on any atom is -0.496 e. The van der Waals surface area contributed by atoms with Gasteiger partial charge in [-0.3, -0.25) is 0 Å². The summed E-state index contributed by atoms with van der Waals surface area (Å²) in [5.41, 5.74) is 8.70. The molecule has 0 spiro atoms. The normalized spacial score (nSPS) is 21.6. The number of benzene rings is 1. The van der Waals surface area contributed by atoms with Gasteiger partial charge in [0.2, 0.25) is 0 Å². The van der Waals surface area contributed by atoms with Crippen LogP contribution < -0.4 is 15.8 Å². The van der Waals surface area contributed by atoms with E-state index in [2.05, 4.69) is 24.4 Å². The second kappa shape index (κ2) is 6.21. The lowest BCUT2D eigenvalue weighted by Crippen LogP contribution is -2.31. The third-order valence-electron chi connectivity index (χ3n) is 3.83. The van der Waals surface area contributed by atoms with Crippen molar-refractivity contribution < 1.29 is 4.74 Å². The fraction of sp³-hybridized carbons (Fsp3) is 0.600. The largest absolute Gasteiger partial charge is 0.496 e. The Morgan fingerprint density at radius 3 is 2.94 bits per heavy atom. The van der Waals surface area contributed by atoms with Crippen LogP contribution in [0.1, 0.15) is 36.4 Å². The summed E-state index contributed by atoms with van der Waals surface area (Å²) in [5, 5.41) is 3.45. The van der Waals surface area contributed by atoms with Gasteiger partial charge >= 0.3 is 0 Å². The number of piperidine rings is 1. The van der Waals surface area contributed by atoms with Crippen LogP contribution >= 0.6 is 0 Å². The molecule has 1 fully saturated rings. The van der Waals surface area contributed by atoms with Crippen molar-refractivity contribution in [2.24, 2.45) is 11.7 Å². The Balaban J connectivity index is 1.99. The third-order valence-corrected chi connectivity index (χ3v) is 3.83. The molecule has 18 heavy (non-hydrogen) atoms. The first-order valence-corrected chi connectivity index (χ1v) is 6.81. The zero-order valence-corrected chi connectivity index (χ0v) is 11.4. The van der Waals surface area contributed by atoms with E-state index in [1.165, 1.54) is 18.4 Å². The van der Waals surface area contributed by atoms with Crippen LogP contribution in [0.4, 0.5) is 0 Å². The van der Waals surface area contributed by atoms with Crippen molar-refractivity contribution in [3.05, 3.63) is 29.3 Å². The average Bonchev–Trinajstić information content (AvgIpc) is 2.39. The molecule has 1 saturated heterocycles. The Labute approximate surface area is 110 Å². The molecule has 0 amide bonds. The van der Waals surface area contributed by atoms with Gasteiger partial charge in [0.1, 0.15) is 5.75 Å². The zero-order chi connectivity index (χ0) is 13.0. The SMILES string of the molecule is COc1ccc(C(N)CC2CCCNC2)cc1C. The van der Waals surface area contributed by atoms with Crippen molar-refractivity contribution in [2.75, 3.05) is 20.2 Å². The summed E-state index contributed by atoms with van der Waals surface area (Å²) >= 11 is 0. The fourth-order valence-corrected chi connectivity index (χ4v) is 2.75. The number of rotatable bonds is 4. The smallest absolute Gasteiger partial charge is 0.121 e. The second-order valence-electron chi connectivity index (χ2n) is 5.28. The molecule has 3 N–H and O–H groups in total. The van der Waals surface area contributed by atoms with E-state index in [4.69, 9.17) is 10.5 Å². The first kappa shape index (κ1) is 13.4. The molecule has 3 heteroatoms. The maximum atomic E-state index is 6.32. The number of methoxy groups -OCH3 is 1. The topological polar surface area (TPSA) is 47.3 Å². The monoisotopic (exact) mass is 248 g/mol. The molecule has 3 nitrogen and oxygen atoms in total. The Morgan fingerprint density at radius 1 is 1.50 bits per heavy atom. The number of nitrogens with two attached hydrogens (primary N) is 1. The van der Waals surface area contributed by atoms with Crippen molar-refractivity contribution in [3.63, 3.8) is 0 Å². The molecule has 1 aromatic carbocycles. The van der Waals surface area contributed by atoms with Gasteiger partial charge in [-0.1, -0.05) is 12.1 Å². The molecule has 2 rings (SSSR count). The second-order valence-corrected chi connectivity index (χ2v) is 5.28. The van der Waals surface area contributed by atoms with Crippen molar-refractivity contribution in [3.8, 4) is 5.75 Å². The highest BCUT2D eigenvalue weighted by Gasteiger charge is 2.17. The molecule has 0 radical (unpaired) electrons. The zero-order valence-electron chi connectivity index (χ0n) is 11.4. The number of hydrogen-bond acceptors (Lipinski definition) is 3. The first-order chi connectivity index (χ1) is 8.70. The van der Waals surface area contributed by atoms with Crippen molar-refractivity contribution >= 4 is 0 Å². The van der Waals surface area contributed by atoms with Crippen LogP contribution in [0.15, 0.2) is 18.2 Å². The molecule has 1 aromatic rings. The molecule has 0 aromatic heterocycles. The van der Waals surface area contributed by atoms with Crippen molar-refractivity contribution in [1.82, 2.24) is 5.32 Å². The molecule has 0 aliphatic carbocycles. The minimum absolute atomic E-state index is 0.138. The molecular weight excluding hydrogens is 224 g/mol. The van der Waals surface area contributed by atoms with Gasteiger partial charge in [-0.05, 0) is 62.4 Å². The molecule has 0 bridgehead atoms. The molecule has 100 valence electrons. The van der Waals surface area contributed by atoms with E-state index in [0.29, 0.717) is 0 Å². The van der Waals surface area contributed by atoms with E-state index in [1.54, 1.807) is 7.11 Å². The van der Waals surface area contributed by atoms with Crippen molar-refractivity contribution in [2.45, 2.75) is 32.2 Å². The number of nitrogens with one attached hydrogen (secondary N) is 1. The standard InChI is InChI=1S/C15H24N2O/c1-11-8-13(5-6-15(11)18-2)14(16)9-12-4-3-7-17-10-12/h5-6,8,12,14,17H,3-4,7,9-10,16H2,1-2H3. The Bertz CT molecular complexity index is 386. The van der Waals surface area contributed by atoms with E-state index in [1.807, 2.05) is 6.07 Å². The lowest BCUT2D eigenvalue weighted by Gasteiger charge is -2.25. The molecule has 1 heterocycles. The lowest BCUT2D eigenvalue weighted by molar-refractivity contribution is 0.336. The van der Waals surface area contributed by atoms with E-state index >= 15 is 0 Å². The number of hydrogen-bond donors (Lipinski definition) is 2. The van der Waals surface area contributed by atoms with E-state index in [-0.39, 0.29) is 6.04 Å². The van der Waals surface area contributed by atoms with Gasteiger partial charge in [0.25, 0.3) is 0 Å². The minimum atomic E-state index is 0.138. The predicted octanol–water partition coefficient (Wildman–Crippen LogP) is 2.39. The quantitative estimate of drug-likeness (QED) is 0.860. The van der Waals surface area contributed by atoms with Crippen LogP contribution in [0.25, 0.3) is 0 Å². The molecule has 1 aliphatic heterocycles. The van der Waals surface area contributed by atoms with Crippen LogP contribution in [0.3, 0.4) is 0 Å². The van der Waals surface area contributed by atoms with E-state index in [0.717, 1.165) is 36.7 Å². The van der Waals surface area contributed by atoms with Crippen LogP contribution in [0.2, 0.25) is 0 Å². The van der Waals surface area contributed by atoms with Crippen LogP contribution in [0, 0.1) is 12.8 Å². The summed E-state index contributed by atoms with van der Waals surface area (Å²) in [5.74, 6) is 1.65. The van der Waals surface area contributed by atoms with Gasteiger partial charge in [-0.15, -0.1) is 0 Å². The van der Waals surface area contributed by atoms with Crippen LogP contribution in [-0.4, -0.2) is 20.2 Å². The average molecular weight is 248 g/mol. The Hall–Kier alpha value is -1.06. The van der Waals surface area contributed by atoms with Gasteiger partial charge in [0.15, 0.2) is 0 Å². The predicted molar refractivity (Wildman–Crippen MR) is 74.9 cm³/mol. The third kappa shape index (κ3) is 3.24. The van der Waals surface area contributed by atoms with E-state index in [9.17, 15) is 0 Å². The maximum Gasteiger partial charge on any atom is 0.121 e.